The van der Waals surface area contributed by atoms with Crippen LogP contribution < -0.4 is 15.6 Å². The molecule has 6 nitrogen and oxygen atoms in total. The van der Waals surface area contributed by atoms with Crippen LogP contribution in [0.3, 0.4) is 0 Å². The molecule has 0 radical (unpaired) electrons. The fourth-order valence-electron chi connectivity index (χ4n) is 3.53. The van der Waals surface area contributed by atoms with Crippen molar-refractivity contribution in [3.8, 4) is 5.75 Å². The Labute approximate surface area is 166 Å². The van der Waals surface area contributed by atoms with Gasteiger partial charge in [0.25, 0.3) is 0 Å². The van der Waals surface area contributed by atoms with Crippen molar-refractivity contribution in [2.45, 2.75) is 31.6 Å². The molecular weight excluding hydrogens is 374 g/mol. The van der Waals surface area contributed by atoms with Gasteiger partial charge in [-0.15, -0.1) is 0 Å². The van der Waals surface area contributed by atoms with Gasteiger partial charge in [-0.1, -0.05) is 18.2 Å². The zero-order chi connectivity index (χ0) is 20.1. The molecular formula is C21H27N3O3S. The predicted molar refractivity (Wildman–Crippen MR) is 113 cm³/mol. The molecule has 0 fully saturated rings. The third-order valence-electron chi connectivity index (χ3n) is 4.83. The molecule has 0 saturated carbocycles. The lowest BCUT2D eigenvalue weighted by Gasteiger charge is -2.07. The van der Waals surface area contributed by atoms with E-state index < -0.39 is 10.0 Å². The van der Waals surface area contributed by atoms with E-state index >= 15 is 0 Å². The van der Waals surface area contributed by atoms with Crippen molar-refractivity contribution < 1.29 is 13.2 Å². The number of aromatic nitrogens is 1. The molecule has 3 rings (SSSR count). The highest BCUT2D eigenvalue weighted by atomic mass is 32.2. The van der Waals surface area contributed by atoms with Gasteiger partial charge in [0, 0.05) is 23.6 Å². The van der Waals surface area contributed by atoms with Crippen molar-refractivity contribution in [1.82, 2.24) is 4.57 Å². The minimum Gasteiger partial charge on any atom is -0.497 e. The molecule has 28 heavy (non-hydrogen) atoms. The predicted octanol–water partition coefficient (Wildman–Crippen LogP) is 2.57. The maximum atomic E-state index is 11.4. The van der Waals surface area contributed by atoms with Gasteiger partial charge in [-0.2, -0.15) is 0 Å². The van der Waals surface area contributed by atoms with E-state index in [0.717, 1.165) is 48.0 Å². The number of nitrogens with two attached hydrogens (primary N) is 2. The molecule has 0 atom stereocenters. The zero-order valence-corrected chi connectivity index (χ0v) is 16.9. The minimum atomic E-state index is -3.55. The number of methoxy groups -OCH3 is 1. The minimum absolute atomic E-state index is 0.159. The molecule has 3 aromatic rings. The molecule has 0 amide bonds. The van der Waals surface area contributed by atoms with Crippen molar-refractivity contribution in [3.05, 3.63) is 65.4 Å². The van der Waals surface area contributed by atoms with Crippen molar-refractivity contribution in [2.24, 2.45) is 10.9 Å². The summed E-state index contributed by atoms with van der Waals surface area (Å²) in [5, 5.41) is 6.24. The van der Waals surface area contributed by atoms with E-state index in [1.165, 1.54) is 5.56 Å². The number of primary sulfonamides is 1. The SMILES string of the molecule is COc1ccc(CCCn2cc(CCN)c3cc(CS(N)(=O)=O)ccc32)cc1. The second kappa shape index (κ2) is 8.77. The second-order valence-electron chi connectivity index (χ2n) is 7.00. The highest BCUT2D eigenvalue weighted by Gasteiger charge is 2.11. The van der Waals surface area contributed by atoms with Gasteiger partial charge in [-0.25, -0.2) is 13.6 Å². The third-order valence-corrected chi connectivity index (χ3v) is 5.57. The normalized spacial score (nSPS) is 11.8. The Kier molecular flexibility index (Phi) is 6.39. The Morgan fingerprint density at radius 1 is 1.04 bits per heavy atom. The van der Waals surface area contributed by atoms with Crippen LogP contribution in [0.4, 0.5) is 0 Å². The molecule has 0 aliphatic heterocycles. The van der Waals surface area contributed by atoms with Crippen LogP contribution in [0.1, 0.15) is 23.1 Å². The van der Waals surface area contributed by atoms with Gasteiger partial charge in [0.05, 0.1) is 12.9 Å². The topological polar surface area (TPSA) is 100 Å². The summed E-state index contributed by atoms with van der Waals surface area (Å²) >= 11 is 0. The first-order chi connectivity index (χ1) is 13.4. The summed E-state index contributed by atoms with van der Waals surface area (Å²) in [6.45, 7) is 1.42. The van der Waals surface area contributed by atoms with Crippen molar-refractivity contribution in [1.29, 1.82) is 0 Å². The summed E-state index contributed by atoms with van der Waals surface area (Å²) in [6.07, 6.45) is 4.85. The van der Waals surface area contributed by atoms with Crippen LogP contribution in [0.5, 0.6) is 5.75 Å². The molecule has 0 saturated heterocycles. The number of fused-ring (bicyclic) bond motifs is 1. The van der Waals surface area contributed by atoms with E-state index in [0.29, 0.717) is 12.1 Å². The molecule has 0 unspecified atom stereocenters. The lowest BCUT2D eigenvalue weighted by Crippen LogP contribution is -2.14. The summed E-state index contributed by atoms with van der Waals surface area (Å²) in [4.78, 5) is 0. The number of sulfonamides is 1. The van der Waals surface area contributed by atoms with Gasteiger partial charge < -0.3 is 15.0 Å². The Morgan fingerprint density at radius 3 is 2.39 bits per heavy atom. The summed E-state index contributed by atoms with van der Waals surface area (Å²) in [5.74, 6) is 0.704. The largest absolute Gasteiger partial charge is 0.497 e. The number of hydrogen-bond donors (Lipinski definition) is 2. The van der Waals surface area contributed by atoms with Gasteiger partial charge in [0.15, 0.2) is 0 Å². The Morgan fingerprint density at radius 2 is 1.75 bits per heavy atom. The monoisotopic (exact) mass is 401 g/mol. The number of benzene rings is 2. The lowest BCUT2D eigenvalue weighted by atomic mass is 10.1. The third kappa shape index (κ3) is 5.13. The molecule has 4 N–H and O–H groups in total. The first-order valence-corrected chi connectivity index (χ1v) is 11.1. The molecule has 1 heterocycles. The van der Waals surface area contributed by atoms with Crippen LogP contribution in [-0.2, 0) is 35.2 Å². The van der Waals surface area contributed by atoms with Gasteiger partial charge in [-0.3, -0.25) is 0 Å². The van der Waals surface area contributed by atoms with Crippen LogP contribution in [0.15, 0.2) is 48.7 Å². The van der Waals surface area contributed by atoms with Crippen LogP contribution in [0.25, 0.3) is 10.9 Å². The van der Waals surface area contributed by atoms with Crippen molar-refractivity contribution in [2.75, 3.05) is 13.7 Å². The van der Waals surface area contributed by atoms with Gasteiger partial charge >= 0.3 is 0 Å². The van der Waals surface area contributed by atoms with Gasteiger partial charge in [0.1, 0.15) is 5.75 Å². The lowest BCUT2D eigenvalue weighted by molar-refractivity contribution is 0.414. The van der Waals surface area contributed by atoms with Crippen molar-refractivity contribution in [3.63, 3.8) is 0 Å². The first kappa shape index (κ1) is 20.4. The van der Waals surface area contributed by atoms with E-state index in [9.17, 15) is 8.42 Å². The van der Waals surface area contributed by atoms with Gasteiger partial charge in [0.2, 0.25) is 10.0 Å². The molecule has 2 aromatic carbocycles. The average Bonchev–Trinajstić information content (AvgIpc) is 2.98. The molecule has 0 aliphatic carbocycles. The highest BCUT2D eigenvalue weighted by molar-refractivity contribution is 7.88. The van der Waals surface area contributed by atoms with Crippen LogP contribution in [0.2, 0.25) is 0 Å². The Bertz CT molecular complexity index is 1040. The fourth-order valence-corrected chi connectivity index (χ4v) is 4.17. The summed E-state index contributed by atoms with van der Waals surface area (Å²) in [7, 11) is -1.89. The van der Waals surface area contributed by atoms with Crippen LogP contribution >= 0.6 is 0 Å². The van der Waals surface area contributed by atoms with Crippen LogP contribution in [0, 0.1) is 0 Å². The first-order valence-electron chi connectivity index (χ1n) is 9.34. The van der Waals surface area contributed by atoms with Crippen LogP contribution in [-0.4, -0.2) is 26.6 Å². The van der Waals surface area contributed by atoms with E-state index in [1.807, 2.05) is 30.3 Å². The summed E-state index contributed by atoms with van der Waals surface area (Å²) in [6, 6.07) is 13.9. The molecule has 150 valence electrons. The number of aryl methyl sites for hydroxylation is 2. The van der Waals surface area contributed by atoms with E-state index in [4.69, 9.17) is 15.6 Å². The van der Waals surface area contributed by atoms with E-state index in [-0.39, 0.29) is 5.75 Å². The van der Waals surface area contributed by atoms with Crippen molar-refractivity contribution >= 4 is 20.9 Å². The molecule has 7 heteroatoms. The molecule has 0 bridgehead atoms. The standard InChI is InChI=1S/C21H27N3O3S/c1-27-19-7-4-16(5-8-19)3-2-12-24-14-18(10-11-22)20-13-17(6-9-21(20)24)15-28(23,25)26/h4-9,13-14H,2-3,10-12,15,22H2,1H3,(H2,23,25,26). The Hall–Kier alpha value is -2.35. The quantitative estimate of drug-likeness (QED) is 0.575. The van der Waals surface area contributed by atoms with E-state index in [1.54, 1.807) is 7.11 Å². The molecule has 1 aromatic heterocycles. The number of ether oxygens (including phenoxy) is 1. The number of rotatable bonds is 9. The molecule has 0 spiro atoms. The number of hydrogen-bond acceptors (Lipinski definition) is 4. The van der Waals surface area contributed by atoms with E-state index in [2.05, 4.69) is 22.9 Å². The summed E-state index contributed by atoms with van der Waals surface area (Å²) < 4.78 is 30.3. The summed E-state index contributed by atoms with van der Waals surface area (Å²) in [5.41, 5.74) is 9.97. The van der Waals surface area contributed by atoms with Gasteiger partial charge in [-0.05, 0) is 66.8 Å². The Balaban J connectivity index is 1.78. The highest BCUT2D eigenvalue weighted by Crippen LogP contribution is 2.25. The zero-order valence-electron chi connectivity index (χ0n) is 16.1. The maximum Gasteiger partial charge on any atom is 0.213 e. The smallest absolute Gasteiger partial charge is 0.213 e. The number of nitrogens with zero attached hydrogens (tertiary/aromatic N) is 1. The maximum absolute atomic E-state index is 11.4. The average molecular weight is 402 g/mol. The fraction of sp³-hybridized carbons (Fsp3) is 0.333. The molecule has 0 aliphatic rings. The second-order valence-corrected chi connectivity index (χ2v) is 8.61.